The van der Waals surface area contributed by atoms with Gasteiger partial charge in [0.2, 0.25) is 0 Å². The summed E-state index contributed by atoms with van der Waals surface area (Å²) in [7, 11) is 0. The van der Waals surface area contributed by atoms with E-state index in [1.807, 2.05) is 0 Å². The van der Waals surface area contributed by atoms with Crippen molar-refractivity contribution in [2.75, 3.05) is 11.1 Å². The van der Waals surface area contributed by atoms with Gasteiger partial charge in [0.05, 0.1) is 15.8 Å². The highest BCUT2D eigenvalue weighted by Crippen LogP contribution is 2.51. The van der Waals surface area contributed by atoms with Gasteiger partial charge in [-0.1, -0.05) is 0 Å². The number of nitrogens with two attached hydrogens (primary N) is 1. The molecule has 1 aliphatic carbocycles. The summed E-state index contributed by atoms with van der Waals surface area (Å²) in [6.45, 7) is 0. The van der Waals surface area contributed by atoms with Crippen LogP contribution in [0.25, 0.3) is 0 Å². The van der Waals surface area contributed by atoms with Gasteiger partial charge in [0, 0.05) is 6.07 Å². The van der Waals surface area contributed by atoms with E-state index in [-0.39, 0.29) is 28.7 Å². The van der Waals surface area contributed by atoms with Crippen LogP contribution in [0.5, 0.6) is 0 Å². The molecule has 7 heteroatoms. The van der Waals surface area contributed by atoms with Crippen LogP contribution in [0.4, 0.5) is 28.9 Å². The normalized spacial score (nSPS) is 17.9. The standard InChI is InChI=1S/C10H9BrF4N2/c11-5-3-8(7(16)4-6(5)12)17-9(1-2-9)10(13,14)15/h3-4,17H,1-2,16H2. The molecule has 0 bridgehead atoms. The minimum absolute atomic E-state index is 0.00490. The molecule has 0 amide bonds. The molecule has 0 spiro atoms. The van der Waals surface area contributed by atoms with E-state index in [0.717, 1.165) is 6.07 Å². The van der Waals surface area contributed by atoms with E-state index >= 15 is 0 Å². The maximum Gasteiger partial charge on any atom is 0.411 e. The smallest absolute Gasteiger partial charge is 0.397 e. The third kappa shape index (κ3) is 2.20. The molecule has 0 saturated heterocycles. The third-order valence-electron chi connectivity index (χ3n) is 2.76. The fourth-order valence-corrected chi connectivity index (χ4v) is 1.88. The zero-order chi connectivity index (χ0) is 12.8. The maximum absolute atomic E-state index is 13.1. The second-order valence-corrected chi connectivity index (χ2v) is 4.91. The number of alkyl halides is 3. The monoisotopic (exact) mass is 312 g/mol. The van der Waals surface area contributed by atoms with Crippen molar-refractivity contribution in [3.63, 3.8) is 0 Å². The predicted molar refractivity (Wildman–Crippen MR) is 60.2 cm³/mol. The predicted octanol–water partition coefficient (Wildman–Crippen LogP) is 3.68. The molecule has 1 aromatic carbocycles. The third-order valence-corrected chi connectivity index (χ3v) is 3.37. The van der Waals surface area contributed by atoms with Crippen molar-refractivity contribution in [2.45, 2.75) is 24.6 Å². The molecule has 1 fully saturated rings. The second-order valence-electron chi connectivity index (χ2n) is 4.06. The maximum atomic E-state index is 13.1. The second kappa shape index (κ2) is 3.76. The number of hydrogen-bond acceptors (Lipinski definition) is 2. The van der Waals surface area contributed by atoms with Gasteiger partial charge in [-0.2, -0.15) is 13.2 Å². The first-order valence-electron chi connectivity index (χ1n) is 4.85. The summed E-state index contributed by atoms with van der Waals surface area (Å²) in [5.74, 6) is -0.607. The Morgan fingerprint density at radius 2 is 1.88 bits per heavy atom. The minimum atomic E-state index is -4.33. The molecule has 0 aromatic heterocycles. The van der Waals surface area contributed by atoms with Crippen LogP contribution in [-0.2, 0) is 0 Å². The Labute approximate surface area is 103 Å². The molecule has 1 aromatic rings. The van der Waals surface area contributed by atoms with E-state index in [1.54, 1.807) is 0 Å². The van der Waals surface area contributed by atoms with Gasteiger partial charge in [-0.25, -0.2) is 4.39 Å². The van der Waals surface area contributed by atoms with Crippen molar-refractivity contribution in [3.05, 3.63) is 22.4 Å². The first kappa shape index (κ1) is 12.5. The van der Waals surface area contributed by atoms with E-state index in [4.69, 9.17) is 5.73 Å². The zero-order valence-electron chi connectivity index (χ0n) is 8.54. The van der Waals surface area contributed by atoms with Gasteiger partial charge >= 0.3 is 6.18 Å². The van der Waals surface area contributed by atoms with Crippen molar-refractivity contribution in [1.29, 1.82) is 0 Å². The molecule has 1 aliphatic rings. The number of hydrogen-bond donors (Lipinski definition) is 2. The largest absolute Gasteiger partial charge is 0.411 e. The molecule has 2 rings (SSSR count). The molecule has 0 aliphatic heterocycles. The summed E-state index contributed by atoms with van der Waals surface area (Å²) in [5, 5.41) is 2.36. The average molecular weight is 313 g/mol. The van der Waals surface area contributed by atoms with E-state index in [1.165, 1.54) is 6.07 Å². The number of anilines is 2. The lowest BCUT2D eigenvalue weighted by molar-refractivity contribution is -0.151. The van der Waals surface area contributed by atoms with Crippen LogP contribution in [0.15, 0.2) is 16.6 Å². The summed E-state index contributed by atoms with van der Waals surface area (Å²) < 4.78 is 51.3. The lowest BCUT2D eigenvalue weighted by Gasteiger charge is -2.23. The summed E-state index contributed by atoms with van der Waals surface area (Å²) in [6, 6.07) is 2.20. The van der Waals surface area contributed by atoms with Gasteiger partial charge in [0.15, 0.2) is 0 Å². The Kier molecular flexibility index (Phi) is 2.76. The summed E-state index contributed by atoms with van der Waals surface area (Å²) in [6.07, 6.45) is -4.32. The van der Waals surface area contributed by atoms with Crippen LogP contribution in [-0.4, -0.2) is 11.7 Å². The van der Waals surface area contributed by atoms with Gasteiger partial charge in [0.25, 0.3) is 0 Å². The molecule has 17 heavy (non-hydrogen) atoms. The number of nitrogen functional groups attached to an aromatic ring is 1. The van der Waals surface area contributed by atoms with Crippen molar-refractivity contribution < 1.29 is 17.6 Å². The summed E-state index contributed by atoms with van der Waals surface area (Å²) in [4.78, 5) is 0. The van der Waals surface area contributed by atoms with Crippen LogP contribution in [0.1, 0.15) is 12.8 Å². The molecular formula is C10H9BrF4N2. The zero-order valence-corrected chi connectivity index (χ0v) is 10.1. The molecule has 2 nitrogen and oxygen atoms in total. The number of rotatable bonds is 2. The molecule has 0 heterocycles. The van der Waals surface area contributed by atoms with E-state index < -0.39 is 17.5 Å². The summed E-state index contributed by atoms with van der Waals surface area (Å²) >= 11 is 2.91. The van der Waals surface area contributed by atoms with Crippen LogP contribution < -0.4 is 11.1 Å². The number of benzene rings is 1. The van der Waals surface area contributed by atoms with Crippen LogP contribution in [0.2, 0.25) is 0 Å². The van der Waals surface area contributed by atoms with Gasteiger partial charge in [-0.3, -0.25) is 0 Å². The lowest BCUT2D eigenvalue weighted by Crippen LogP contribution is -2.38. The van der Waals surface area contributed by atoms with Crippen molar-refractivity contribution in [1.82, 2.24) is 0 Å². The van der Waals surface area contributed by atoms with Gasteiger partial charge in [0.1, 0.15) is 11.4 Å². The lowest BCUT2D eigenvalue weighted by atomic mass is 10.2. The Morgan fingerprint density at radius 3 is 2.35 bits per heavy atom. The van der Waals surface area contributed by atoms with Gasteiger partial charge in [-0.05, 0) is 34.8 Å². The van der Waals surface area contributed by atoms with Crippen molar-refractivity contribution in [3.8, 4) is 0 Å². The Morgan fingerprint density at radius 1 is 1.29 bits per heavy atom. The Bertz CT molecular complexity index is 454. The first-order valence-corrected chi connectivity index (χ1v) is 5.64. The van der Waals surface area contributed by atoms with E-state index in [9.17, 15) is 17.6 Å². The average Bonchev–Trinajstić information content (AvgIpc) is 2.94. The highest BCUT2D eigenvalue weighted by atomic mass is 79.9. The number of nitrogens with one attached hydrogen (secondary N) is 1. The SMILES string of the molecule is Nc1cc(F)c(Br)cc1NC1(C(F)(F)F)CC1. The fourth-order valence-electron chi connectivity index (χ4n) is 1.53. The number of halogens is 5. The Balaban J connectivity index is 2.29. The van der Waals surface area contributed by atoms with Crippen molar-refractivity contribution >= 4 is 27.3 Å². The van der Waals surface area contributed by atoms with Crippen LogP contribution in [0, 0.1) is 5.82 Å². The van der Waals surface area contributed by atoms with Crippen LogP contribution >= 0.6 is 15.9 Å². The van der Waals surface area contributed by atoms with Gasteiger partial charge < -0.3 is 11.1 Å². The highest BCUT2D eigenvalue weighted by Gasteiger charge is 2.63. The first-order chi connectivity index (χ1) is 7.75. The molecule has 0 atom stereocenters. The molecular weight excluding hydrogens is 304 g/mol. The minimum Gasteiger partial charge on any atom is -0.397 e. The quantitative estimate of drug-likeness (QED) is 0.646. The van der Waals surface area contributed by atoms with Crippen molar-refractivity contribution in [2.24, 2.45) is 0 Å². The highest BCUT2D eigenvalue weighted by molar-refractivity contribution is 9.10. The van der Waals surface area contributed by atoms with Crippen LogP contribution in [0.3, 0.4) is 0 Å². The fraction of sp³-hybridized carbons (Fsp3) is 0.400. The molecule has 0 unspecified atom stereocenters. The van der Waals surface area contributed by atoms with E-state index in [2.05, 4.69) is 21.2 Å². The molecule has 0 radical (unpaired) electrons. The van der Waals surface area contributed by atoms with Gasteiger partial charge in [-0.15, -0.1) is 0 Å². The van der Waals surface area contributed by atoms with E-state index in [0.29, 0.717) is 0 Å². The Hall–Kier alpha value is -0.980. The molecule has 3 N–H and O–H groups in total. The topological polar surface area (TPSA) is 38.0 Å². The summed E-state index contributed by atoms with van der Waals surface area (Å²) in [5.41, 5.74) is 3.62. The molecule has 94 valence electrons. The molecule has 1 saturated carbocycles.